The molecule has 1 N–H and O–H groups in total. The van der Waals surface area contributed by atoms with Crippen LogP contribution in [-0.2, 0) is 0 Å². The smallest absolute Gasteiger partial charge is 0.0185 e. The molecular formula is C11H20IN. The van der Waals surface area contributed by atoms with Crippen molar-refractivity contribution in [3.8, 4) is 0 Å². The molecule has 76 valence electrons. The van der Waals surface area contributed by atoms with Gasteiger partial charge in [-0.15, -0.1) is 0 Å². The van der Waals surface area contributed by atoms with E-state index in [0.29, 0.717) is 6.04 Å². The van der Waals surface area contributed by atoms with E-state index in [2.05, 4.69) is 47.5 Å². The normalized spacial score (nSPS) is 15.9. The SMILES string of the molecule is C=C/C=C\CC(CC)C(CI)NC. The fourth-order valence-electron chi connectivity index (χ4n) is 1.40. The first kappa shape index (κ1) is 13.2. The lowest BCUT2D eigenvalue weighted by molar-refractivity contribution is 0.395. The van der Waals surface area contributed by atoms with Gasteiger partial charge in [0.2, 0.25) is 0 Å². The highest BCUT2D eigenvalue weighted by molar-refractivity contribution is 14.1. The molecule has 0 saturated carbocycles. The molecule has 0 aliphatic carbocycles. The lowest BCUT2D eigenvalue weighted by atomic mass is 9.94. The topological polar surface area (TPSA) is 12.0 Å². The lowest BCUT2D eigenvalue weighted by Crippen LogP contribution is -2.34. The molecule has 0 amide bonds. The Kier molecular flexibility index (Phi) is 8.87. The monoisotopic (exact) mass is 293 g/mol. The number of alkyl halides is 1. The zero-order valence-corrected chi connectivity index (χ0v) is 10.8. The van der Waals surface area contributed by atoms with Crippen molar-refractivity contribution in [2.45, 2.75) is 25.8 Å². The molecule has 0 aromatic heterocycles. The zero-order valence-electron chi connectivity index (χ0n) is 8.59. The highest BCUT2D eigenvalue weighted by atomic mass is 127. The van der Waals surface area contributed by atoms with Crippen molar-refractivity contribution in [3.63, 3.8) is 0 Å². The van der Waals surface area contributed by atoms with E-state index in [4.69, 9.17) is 0 Å². The van der Waals surface area contributed by atoms with Crippen LogP contribution in [0.4, 0.5) is 0 Å². The maximum atomic E-state index is 3.66. The van der Waals surface area contributed by atoms with Gasteiger partial charge < -0.3 is 5.32 Å². The van der Waals surface area contributed by atoms with Crippen LogP contribution in [0.25, 0.3) is 0 Å². The van der Waals surface area contributed by atoms with Gasteiger partial charge in [-0.1, -0.05) is 60.7 Å². The van der Waals surface area contributed by atoms with Gasteiger partial charge in [-0.3, -0.25) is 0 Å². The van der Waals surface area contributed by atoms with E-state index in [1.807, 2.05) is 19.2 Å². The number of allylic oxidation sites excluding steroid dienone is 3. The zero-order chi connectivity index (χ0) is 10.1. The average Bonchev–Trinajstić information content (AvgIpc) is 2.17. The maximum absolute atomic E-state index is 3.66. The van der Waals surface area contributed by atoms with Crippen LogP contribution in [-0.4, -0.2) is 17.5 Å². The van der Waals surface area contributed by atoms with Gasteiger partial charge in [0, 0.05) is 10.5 Å². The van der Waals surface area contributed by atoms with Gasteiger partial charge in [-0.25, -0.2) is 0 Å². The van der Waals surface area contributed by atoms with Crippen molar-refractivity contribution in [1.82, 2.24) is 5.32 Å². The summed E-state index contributed by atoms with van der Waals surface area (Å²) in [5, 5.41) is 3.36. The van der Waals surface area contributed by atoms with Crippen molar-refractivity contribution in [2.24, 2.45) is 5.92 Å². The van der Waals surface area contributed by atoms with E-state index < -0.39 is 0 Å². The van der Waals surface area contributed by atoms with Crippen molar-refractivity contribution >= 4 is 22.6 Å². The molecule has 0 saturated heterocycles. The third-order valence-electron chi connectivity index (χ3n) is 2.34. The van der Waals surface area contributed by atoms with Crippen LogP contribution in [0, 0.1) is 5.92 Å². The molecule has 2 heteroatoms. The molecule has 0 bridgehead atoms. The summed E-state index contributed by atoms with van der Waals surface area (Å²) >= 11 is 2.44. The Hall–Kier alpha value is 0.170. The summed E-state index contributed by atoms with van der Waals surface area (Å²) in [5.41, 5.74) is 0. The highest BCUT2D eigenvalue weighted by Crippen LogP contribution is 2.15. The summed E-state index contributed by atoms with van der Waals surface area (Å²) < 4.78 is 1.18. The molecule has 0 aromatic carbocycles. The summed E-state index contributed by atoms with van der Waals surface area (Å²) in [6.07, 6.45) is 8.46. The second-order valence-electron chi connectivity index (χ2n) is 3.12. The standard InChI is InChI=1S/C11H20IN/c1-4-6-7-8-10(5-2)11(9-12)13-3/h4,6-7,10-11,13H,1,5,8-9H2,2-3H3/b7-6-. The Bertz CT molecular complexity index is 150. The van der Waals surface area contributed by atoms with Gasteiger partial charge in [0.05, 0.1) is 0 Å². The molecule has 0 aliphatic heterocycles. The van der Waals surface area contributed by atoms with E-state index in [1.165, 1.54) is 10.8 Å². The molecular weight excluding hydrogens is 273 g/mol. The Morgan fingerprint density at radius 1 is 1.54 bits per heavy atom. The van der Waals surface area contributed by atoms with Crippen LogP contribution in [0.5, 0.6) is 0 Å². The van der Waals surface area contributed by atoms with Gasteiger partial charge in [0.15, 0.2) is 0 Å². The van der Waals surface area contributed by atoms with Crippen molar-refractivity contribution in [1.29, 1.82) is 0 Å². The summed E-state index contributed by atoms with van der Waals surface area (Å²) in [7, 11) is 2.04. The number of nitrogens with one attached hydrogen (secondary N) is 1. The van der Waals surface area contributed by atoms with Crippen molar-refractivity contribution in [3.05, 3.63) is 24.8 Å². The molecule has 1 nitrogen and oxygen atoms in total. The van der Waals surface area contributed by atoms with Crippen LogP contribution in [0.3, 0.4) is 0 Å². The summed E-state index contributed by atoms with van der Waals surface area (Å²) in [6, 6.07) is 0.639. The van der Waals surface area contributed by atoms with Crippen LogP contribution in [0.2, 0.25) is 0 Å². The first-order valence-electron chi connectivity index (χ1n) is 4.80. The lowest BCUT2D eigenvalue weighted by Gasteiger charge is -2.22. The van der Waals surface area contributed by atoms with Crippen molar-refractivity contribution in [2.75, 3.05) is 11.5 Å². The Labute approximate surface area is 95.8 Å². The van der Waals surface area contributed by atoms with E-state index in [1.54, 1.807) is 0 Å². The predicted molar refractivity (Wildman–Crippen MR) is 69.5 cm³/mol. The van der Waals surface area contributed by atoms with Gasteiger partial charge in [0.25, 0.3) is 0 Å². The van der Waals surface area contributed by atoms with E-state index in [0.717, 1.165) is 12.3 Å². The number of hydrogen-bond donors (Lipinski definition) is 1. The van der Waals surface area contributed by atoms with Crippen LogP contribution in [0.1, 0.15) is 19.8 Å². The number of rotatable bonds is 7. The minimum absolute atomic E-state index is 0.639. The molecule has 13 heavy (non-hydrogen) atoms. The predicted octanol–water partition coefficient (Wildman–Crippen LogP) is 3.17. The third kappa shape index (κ3) is 5.47. The molecule has 2 unspecified atom stereocenters. The fourth-order valence-corrected chi connectivity index (χ4v) is 2.56. The largest absolute Gasteiger partial charge is 0.316 e. The van der Waals surface area contributed by atoms with Crippen LogP contribution >= 0.6 is 22.6 Å². The number of halogens is 1. The minimum Gasteiger partial charge on any atom is -0.316 e. The second-order valence-corrected chi connectivity index (χ2v) is 4.00. The average molecular weight is 293 g/mol. The molecule has 0 heterocycles. The second kappa shape index (κ2) is 8.75. The number of hydrogen-bond acceptors (Lipinski definition) is 1. The van der Waals surface area contributed by atoms with Crippen LogP contribution < -0.4 is 5.32 Å². The highest BCUT2D eigenvalue weighted by Gasteiger charge is 2.14. The van der Waals surface area contributed by atoms with Gasteiger partial charge in [-0.05, 0) is 19.4 Å². The first-order chi connectivity index (χ1) is 6.29. The van der Waals surface area contributed by atoms with E-state index in [9.17, 15) is 0 Å². The molecule has 0 radical (unpaired) electrons. The molecule has 0 rings (SSSR count). The van der Waals surface area contributed by atoms with E-state index in [-0.39, 0.29) is 0 Å². The summed E-state index contributed by atoms with van der Waals surface area (Å²) in [4.78, 5) is 0. The maximum Gasteiger partial charge on any atom is 0.0185 e. The molecule has 0 fully saturated rings. The van der Waals surface area contributed by atoms with Gasteiger partial charge in [-0.2, -0.15) is 0 Å². The third-order valence-corrected chi connectivity index (χ3v) is 3.29. The summed E-state index contributed by atoms with van der Waals surface area (Å²) in [6.45, 7) is 5.92. The fraction of sp³-hybridized carbons (Fsp3) is 0.636. The van der Waals surface area contributed by atoms with Gasteiger partial charge >= 0.3 is 0 Å². The molecule has 2 atom stereocenters. The first-order valence-corrected chi connectivity index (χ1v) is 6.33. The summed E-state index contributed by atoms with van der Waals surface area (Å²) in [5.74, 6) is 0.748. The quantitative estimate of drug-likeness (QED) is 0.432. The molecule has 0 spiro atoms. The Balaban J connectivity index is 3.98. The minimum atomic E-state index is 0.639. The van der Waals surface area contributed by atoms with Gasteiger partial charge in [0.1, 0.15) is 0 Å². The molecule has 0 aliphatic rings. The molecule has 0 aromatic rings. The van der Waals surface area contributed by atoms with Crippen molar-refractivity contribution < 1.29 is 0 Å². The van der Waals surface area contributed by atoms with Crippen LogP contribution in [0.15, 0.2) is 24.8 Å². The van der Waals surface area contributed by atoms with E-state index >= 15 is 0 Å². The Morgan fingerprint density at radius 2 is 2.23 bits per heavy atom. The Morgan fingerprint density at radius 3 is 2.62 bits per heavy atom.